The summed E-state index contributed by atoms with van der Waals surface area (Å²) in [6.07, 6.45) is 3.20. The van der Waals surface area contributed by atoms with Crippen LogP contribution < -0.4 is 10.2 Å². The van der Waals surface area contributed by atoms with E-state index in [1.807, 2.05) is 13.8 Å². The van der Waals surface area contributed by atoms with Gasteiger partial charge in [0.2, 0.25) is 5.91 Å². The van der Waals surface area contributed by atoms with Crippen molar-refractivity contribution in [1.82, 2.24) is 10.3 Å². The topological polar surface area (TPSA) is 79.4 Å². The van der Waals surface area contributed by atoms with Crippen LogP contribution in [0.1, 0.15) is 47.5 Å². The van der Waals surface area contributed by atoms with Crippen LogP contribution in [0.4, 0.5) is 5.69 Å². The van der Waals surface area contributed by atoms with Gasteiger partial charge in [0.05, 0.1) is 16.6 Å². The molecule has 6 nitrogen and oxygen atoms in total. The minimum Gasteiger partial charge on any atom is -0.370 e. The summed E-state index contributed by atoms with van der Waals surface area (Å²) in [5, 5.41) is 3.08. The zero-order chi connectivity index (χ0) is 18.8. The number of piperidine rings is 1. The first kappa shape index (κ1) is 19.7. The molecule has 7 heteroatoms. The van der Waals surface area contributed by atoms with Crippen molar-refractivity contribution in [2.24, 2.45) is 5.92 Å². The van der Waals surface area contributed by atoms with Gasteiger partial charge in [0.1, 0.15) is 0 Å². The maximum Gasteiger partial charge on any atom is 0.223 e. The van der Waals surface area contributed by atoms with Crippen molar-refractivity contribution in [2.75, 3.05) is 18.0 Å². The van der Waals surface area contributed by atoms with Crippen molar-refractivity contribution in [2.45, 2.75) is 63.3 Å². The maximum absolute atomic E-state index is 12.4. The van der Waals surface area contributed by atoms with Crippen molar-refractivity contribution in [3.05, 3.63) is 18.3 Å². The van der Waals surface area contributed by atoms with E-state index < -0.39 is 14.6 Å². The van der Waals surface area contributed by atoms with Crippen molar-refractivity contribution < 1.29 is 13.2 Å². The van der Waals surface area contributed by atoms with Crippen LogP contribution in [0.5, 0.6) is 0 Å². The zero-order valence-electron chi connectivity index (χ0n) is 15.7. The Morgan fingerprint density at radius 1 is 1.24 bits per heavy atom. The average molecular weight is 368 g/mol. The molecule has 2 heterocycles. The van der Waals surface area contributed by atoms with Gasteiger partial charge in [0, 0.05) is 25.0 Å². The molecule has 0 aliphatic carbocycles. The average Bonchev–Trinajstić information content (AvgIpc) is 2.53. The fourth-order valence-corrected chi connectivity index (χ4v) is 3.90. The summed E-state index contributed by atoms with van der Waals surface area (Å²) < 4.78 is 24.0. The maximum atomic E-state index is 12.4. The molecule has 1 fully saturated rings. The van der Waals surface area contributed by atoms with Gasteiger partial charge in [-0.05, 0) is 59.6 Å². The highest BCUT2D eigenvalue weighted by Crippen LogP contribution is 2.27. The summed E-state index contributed by atoms with van der Waals surface area (Å²) in [7, 11) is -3.44. The Hall–Kier alpha value is -1.63. The summed E-state index contributed by atoms with van der Waals surface area (Å²) in [4.78, 5) is 18.4. The monoisotopic (exact) mass is 367 g/mol. The number of amides is 1. The molecule has 0 spiro atoms. The number of nitrogens with one attached hydrogen (secondary N) is 1. The van der Waals surface area contributed by atoms with Crippen molar-refractivity contribution in [3.63, 3.8) is 0 Å². The predicted molar refractivity (Wildman–Crippen MR) is 99.4 cm³/mol. The fraction of sp³-hybridized carbons (Fsp3) is 0.667. The van der Waals surface area contributed by atoms with E-state index in [9.17, 15) is 13.2 Å². The lowest BCUT2D eigenvalue weighted by Gasteiger charge is -2.33. The highest BCUT2D eigenvalue weighted by atomic mass is 32.2. The normalized spacial score (nSPS) is 17.0. The van der Waals surface area contributed by atoms with Gasteiger partial charge in [-0.2, -0.15) is 0 Å². The summed E-state index contributed by atoms with van der Waals surface area (Å²) in [5.41, 5.74) is 0.899. The zero-order valence-corrected chi connectivity index (χ0v) is 16.6. The molecule has 1 N–H and O–H groups in total. The van der Waals surface area contributed by atoms with Crippen LogP contribution in [0.25, 0.3) is 0 Å². The molecular weight excluding hydrogens is 338 g/mol. The van der Waals surface area contributed by atoms with Crippen LogP contribution in [0.3, 0.4) is 0 Å². The van der Waals surface area contributed by atoms with E-state index in [2.05, 4.69) is 15.2 Å². The molecule has 25 heavy (non-hydrogen) atoms. The molecule has 0 aromatic carbocycles. The van der Waals surface area contributed by atoms with Crippen molar-refractivity contribution in [3.8, 4) is 0 Å². The number of hydrogen-bond donors (Lipinski definition) is 1. The summed E-state index contributed by atoms with van der Waals surface area (Å²) in [6, 6.07) is 3.54. The molecule has 1 aromatic rings. The van der Waals surface area contributed by atoms with E-state index in [-0.39, 0.29) is 22.9 Å². The van der Waals surface area contributed by atoms with Gasteiger partial charge >= 0.3 is 0 Å². The number of pyridine rings is 1. The molecule has 0 saturated carbocycles. The van der Waals surface area contributed by atoms with E-state index in [4.69, 9.17) is 0 Å². The quantitative estimate of drug-likeness (QED) is 0.884. The van der Waals surface area contributed by atoms with Crippen molar-refractivity contribution >= 4 is 21.4 Å². The molecule has 140 valence electrons. The van der Waals surface area contributed by atoms with Gasteiger partial charge in [-0.25, -0.2) is 13.4 Å². The van der Waals surface area contributed by atoms with Gasteiger partial charge in [0.25, 0.3) is 0 Å². The lowest BCUT2D eigenvalue weighted by Crippen LogP contribution is -2.42. The Morgan fingerprint density at radius 3 is 2.28 bits per heavy atom. The van der Waals surface area contributed by atoms with Crippen LogP contribution in [-0.2, 0) is 14.6 Å². The number of hydrogen-bond acceptors (Lipinski definition) is 5. The van der Waals surface area contributed by atoms with E-state index in [0.717, 1.165) is 31.6 Å². The highest BCUT2D eigenvalue weighted by molar-refractivity contribution is 7.92. The number of carbonyl (C=O) groups excluding carboxylic acids is 1. The molecule has 0 bridgehead atoms. The standard InChI is InChI=1S/C18H29N3O3S/c1-13(2)20-17(22)14-8-10-21(11-9-14)15-6-7-16(19-12-15)25(23,24)18(3,4)5/h6-7,12-14H,8-11H2,1-5H3,(H,20,22). The van der Waals surface area contributed by atoms with Crippen LogP contribution in [0.2, 0.25) is 0 Å². The Labute approximate surface area is 150 Å². The first-order valence-corrected chi connectivity index (χ1v) is 10.3. The van der Waals surface area contributed by atoms with Crippen LogP contribution >= 0.6 is 0 Å². The van der Waals surface area contributed by atoms with Gasteiger partial charge in [0.15, 0.2) is 14.9 Å². The third-order valence-corrected chi connectivity index (χ3v) is 6.87. The largest absolute Gasteiger partial charge is 0.370 e. The van der Waals surface area contributed by atoms with E-state index in [1.165, 1.54) is 0 Å². The molecule has 0 unspecified atom stereocenters. The number of sulfone groups is 1. The van der Waals surface area contributed by atoms with E-state index >= 15 is 0 Å². The Bertz CT molecular complexity index is 698. The third-order valence-electron chi connectivity index (χ3n) is 4.46. The fourth-order valence-electron chi connectivity index (χ4n) is 2.83. The van der Waals surface area contributed by atoms with Crippen LogP contribution in [0, 0.1) is 5.92 Å². The molecule has 2 rings (SSSR count). The van der Waals surface area contributed by atoms with Crippen LogP contribution in [-0.4, -0.2) is 43.2 Å². The SMILES string of the molecule is CC(C)NC(=O)C1CCN(c2ccc(S(=O)(=O)C(C)(C)C)nc2)CC1. The summed E-state index contributed by atoms with van der Waals surface area (Å²) >= 11 is 0. The third kappa shape index (κ3) is 4.51. The molecule has 1 saturated heterocycles. The van der Waals surface area contributed by atoms with Gasteiger partial charge in [-0.15, -0.1) is 0 Å². The minimum absolute atomic E-state index is 0.0483. The molecule has 1 aliphatic rings. The van der Waals surface area contributed by atoms with E-state index in [0.29, 0.717) is 0 Å². The van der Waals surface area contributed by atoms with E-state index in [1.54, 1.807) is 39.1 Å². The molecule has 1 aromatic heterocycles. The van der Waals surface area contributed by atoms with Gasteiger partial charge < -0.3 is 10.2 Å². The number of carbonyl (C=O) groups is 1. The molecule has 1 amide bonds. The second-order valence-corrected chi connectivity index (χ2v) is 10.5. The first-order chi connectivity index (χ1) is 11.5. The molecule has 1 aliphatic heterocycles. The lowest BCUT2D eigenvalue weighted by molar-refractivity contribution is -0.126. The Morgan fingerprint density at radius 2 is 1.84 bits per heavy atom. The summed E-state index contributed by atoms with van der Waals surface area (Å²) in [6.45, 7) is 10.5. The van der Waals surface area contributed by atoms with Gasteiger partial charge in [-0.1, -0.05) is 0 Å². The number of aromatic nitrogens is 1. The summed E-state index contributed by atoms with van der Waals surface area (Å²) in [5.74, 6) is 0.173. The number of nitrogens with zero attached hydrogens (tertiary/aromatic N) is 2. The number of anilines is 1. The molecular formula is C18H29N3O3S. The second-order valence-electron chi connectivity index (χ2n) is 7.90. The van der Waals surface area contributed by atoms with Crippen LogP contribution in [0.15, 0.2) is 23.4 Å². The number of rotatable bonds is 4. The predicted octanol–water partition coefficient (Wildman–Crippen LogP) is 2.39. The highest BCUT2D eigenvalue weighted by Gasteiger charge is 2.32. The molecule has 0 radical (unpaired) electrons. The lowest BCUT2D eigenvalue weighted by atomic mass is 9.95. The smallest absolute Gasteiger partial charge is 0.223 e. The molecule has 0 atom stereocenters. The Kier molecular flexibility index (Phi) is 5.76. The first-order valence-electron chi connectivity index (χ1n) is 8.78. The van der Waals surface area contributed by atoms with Gasteiger partial charge in [-0.3, -0.25) is 4.79 Å². The minimum atomic E-state index is -3.44. The second kappa shape index (κ2) is 7.32. The Balaban J connectivity index is 2.02. The van der Waals surface area contributed by atoms with Crippen molar-refractivity contribution in [1.29, 1.82) is 0 Å².